The molecule has 184 valence electrons. The second kappa shape index (κ2) is 8.34. The number of aromatic nitrogens is 4. The van der Waals surface area contributed by atoms with Crippen LogP contribution in [-0.4, -0.2) is 76.1 Å². The van der Waals surface area contributed by atoms with E-state index in [1.807, 2.05) is 36.2 Å². The maximum atomic E-state index is 12.3. The number of aryl methyl sites for hydroxylation is 1. The van der Waals surface area contributed by atoms with Gasteiger partial charge in [-0.1, -0.05) is 6.07 Å². The fourth-order valence-electron chi connectivity index (χ4n) is 5.40. The summed E-state index contributed by atoms with van der Waals surface area (Å²) in [7, 11) is 5.52. The maximum absolute atomic E-state index is 12.3. The van der Waals surface area contributed by atoms with Crippen LogP contribution in [0.25, 0.3) is 38.6 Å². The number of carbonyl (C=O) groups is 1. The minimum atomic E-state index is 0.198. The third kappa shape index (κ3) is 3.52. The van der Waals surface area contributed by atoms with E-state index in [1.54, 1.807) is 11.6 Å². The summed E-state index contributed by atoms with van der Waals surface area (Å²) in [5.41, 5.74) is 8.86. The van der Waals surface area contributed by atoms with Crippen LogP contribution in [0, 0.1) is 13.8 Å². The molecule has 1 amide bonds. The van der Waals surface area contributed by atoms with E-state index in [4.69, 9.17) is 4.74 Å². The normalized spacial score (nSPS) is 14.3. The Kier molecular flexibility index (Phi) is 5.22. The van der Waals surface area contributed by atoms with Crippen molar-refractivity contribution in [1.29, 1.82) is 0 Å². The highest BCUT2D eigenvalue weighted by atomic mass is 16.5. The van der Waals surface area contributed by atoms with Crippen LogP contribution in [0.4, 0.5) is 0 Å². The average molecular weight is 483 g/mol. The van der Waals surface area contributed by atoms with Crippen molar-refractivity contribution in [3.8, 4) is 16.9 Å². The van der Waals surface area contributed by atoms with Gasteiger partial charge in [0.05, 0.1) is 13.7 Å². The highest BCUT2D eigenvalue weighted by Gasteiger charge is 2.32. The average Bonchev–Trinajstić information content (AvgIpc) is 3.43. The van der Waals surface area contributed by atoms with E-state index in [-0.39, 0.29) is 5.91 Å². The Morgan fingerprint density at radius 1 is 1.14 bits per heavy atom. The van der Waals surface area contributed by atoms with Crippen LogP contribution in [0.1, 0.15) is 22.6 Å². The standard InChI is InChI=1S/C28H30N6O2/c1-16-17(2)27-22-8-18(20-11-33(12-20)26(35)14-32(3)4)6-7-23(22)31-24(27)10-21(16)19-9-25(36-5)28-29-15-30-34(28)13-19/h6-10,13,15,20,31H,11-12,14H2,1-5H3. The molecule has 4 heterocycles. The number of ether oxygens (including phenoxy) is 1. The van der Waals surface area contributed by atoms with Gasteiger partial charge in [-0.2, -0.15) is 5.10 Å². The molecule has 36 heavy (non-hydrogen) atoms. The third-order valence-electron chi connectivity index (χ3n) is 7.51. The number of amides is 1. The number of H-pyrrole nitrogens is 1. The minimum Gasteiger partial charge on any atom is -0.493 e. The number of pyridine rings is 1. The second-order valence-electron chi connectivity index (χ2n) is 10.1. The van der Waals surface area contributed by atoms with E-state index in [2.05, 4.69) is 53.2 Å². The van der Waals surface area contributed by atoms with Crippen molar-refractivity contribution in [2.45, 2.75) is 19.8 Å². The number of carbonyl (C=O) groups excluding carboxylic acids is 1. The molecule has 8 nitrogen and oxygen atoms in total. The summed E-state index contributed by atoms with van der Waals surface area (Å²) >= 11 is 0. The second-order valence-corrected chi connectivity index (χ2v) is 10.1. The molecule has 1 saturated heterocycles. The van der Waals surface area contributed by atoms with Gasteiger partial charge in [0.15, 0.2) is 11.4 Å². The molecule has 1 N–H and O–H groups in total. The van der Waals surface area contributed by atoms with Crippen LogP contribution >= 0.6 is 0 Å². The van der Waals surface area contributed by atoms with Gasteiger partial charge >= 0.3 is 0 Å². The zero-order chi connectivity index (χ0) is 25.1. The lowest BCUT2D eigenvalue weighted by Crippen LogP contribution is -2.51. The number of methoxy groups -OCH3 is 1. The number of benzene rings is 2. The maximum Gasteiger partial charge on any atom is 0.236 e. The molecule has 6 rings (SSSR count). The molecule has 0 spiro atoms. The van der Waals surface area contributed by atoms with Crippen LogP contribution in [0.15, 0.2) is 42.9 Å². The van der Waals surface area contributed by atoms with E-state index in [9.17, 15) is 4.79 Å². The molecule has 1 aliphatic rings. The van der Waals surface area contributed by atoms with Crippen LogP contribution in [-0.2, 0) is 4.79 Å². The molecule has 2 aromatic carbocycles. The Bertz CT molecular complexity index is 1640. The van der Waals surface area contributed by atoms with Crippen LogP contribution in [0.3, 0.4) is 0 Å². The number of nitrogens with zero attached hydrogens (tertiary/aromatic N) is 5. The lowest BCUT2D eigenvalue weighted by molar-refractivity contribution is -0.136. The van der Waals surface area contributed by atoms with E-state index >= 15 is 0 Å². The smallest absolute Gasteiger partial charge is 0.236 e. The number of likely N-dealkylation sites (tertiary alicyclic amines) is 1. The summed E-state index contributed by atoms with van der Waals surface area (Å²) in [4.78, 5) is 24.2. The monoisotopic (exact) mass is 482 g/mol. The van der Waals surface area contributed by atoms with E-state index in [0.29, 0.717) is 23.9 Å². The zero-order valence-corrected chi connectivity index (χ0v) is 21.3. The minimum absolute atomic E-state index is 0.198. The van der Waals surface area contributed by atoms with Gasteiger partial charge in [-0.25, -0.2) is 9.50 Å². The van der Waals surface area contributed by atoms with E-state index in [0.717, 1.165) is 35.2 Å². The number of nitrogens with one attached hydrogen (secondary N) is 1. The fourth-order valence-corrected chi connectivity index (χ4v) is 5.40. The van der Waals surface area contributed by atoms with Crippen molar-refractivity contribution in [2.75, 3.05) is 40.8 Å². The van der Waals surface area contributed by atoms with Gasteiger partial charge in [-0.05, 0) is 74.5 Å². The lowest BCUT2D eigenvalue weighted by Gasteiger charge is -2.40. The number of fused-ring (bicyclic) bond motifs is 4. The fraction of sp³-hybridized carbons (Fsp3) is 0.321. The summed E-state index contributed by atoms with van der Waals surface area (Å²) in [6.45, 7) is 6.40. The molecule has 0 aliphatic carbocycles. The van der Waals surface area contributed by atoms with Gasteiger partial charge < -0.3 is 19.5 Å². The van der Waals surface area contributed by atoms with Gasteiger partial charge in [-0.15, -0.1) is 0 Å². The van der Waals surface area contributed by atoms with Crippen molar-refractivity contribution in [3.05, 3.63) is 59.5 Å². The number of aromatic amines is 1. The van der Waals surface area contributed by atoms with Gasteiger partial charge in [0.1, 0.15) is 6.33 Å². The molecule has 0 atom stereocenters. The topological polar surface area (TPSA) is 78.8 Å². The van der Waals surface area contributed by atoms with Crippen LogP contribution in [0.5, 0.6) is 5.75 Å². The Labute approximate surface area is 209 Å². The molecule has 8 heteroatoms. The van der Waals surface area contributed by atoms with Crippen molar-refractivity contribution in [2.24, 2.45) is 0 Å². The summed E-state index contributed by atoms with van der Waals surface area (Å²) in [5, 5.41) is 6.81. The highest BCUT2D eigenvalue weighted by Crippen LogP contribution is 2.39. The molecular formula is C28H30N6O2. The first-order valence-corrected chi connectivity index (χ1v) is 12.2. The van der Waals surface area contributed by atoms with Gasteiger partial charge in [0.2, 0.25) is 5.91 Å². The van der Waals surface area contributed by atoms with E-state index < -0.39 is 0 Å². The van der Waals surface area contributed by atoms with Crippen molar-refractivity contribution in [3.63, 3.8) is 0 Å². The molecule has 1 fully saturated rings. The number of hydrogen-bond donors (Lipinski definition) is 1. The van der Waals surface area contributed by atoms with E-state index in [1.165, 1.54) is 33.8 Å². The summed E-state index contributed by atoms with van der Waals surface area (Å²) in [6.07, 6.45) is 3.54. The summed E-state index contributed by atoms with van der Waals surface area (Å²) in [5.74, 6) is 1.28. The molecule has 3 aromatic heterocycles. The molecule has 0 saturated carbocycles. The molecular weight excluding hydrogens is 452 g/mol. The van der Waals surface area contributed by atoms with Crippen LogP contribution in [0.2, 0.25) is 0 Å². The number of likely N-dealkylation sites (N-methyl/N-ethyl adjacent to an activating group) is 1. The Balaban J connectivity index is 1.39. The van der Waals surface area contributed by atoms with Gasteiger partial charge in [0, 0.05) is 52.6 Å². The van der Waals surface area contributed by atoms with Gasteiger partial charge in [0.25, 0.3) is 0 Å². The Morgan fingerprint density at radius 2 is 1.94 bits per heavy atom. The lowest BCUT2D eigenvalue weighted by atomic mass is 9.89. The zero-order valence-electron chi connectivity index (χ0n) is 21.3. The largest absolute Gasteiger partial charge is 0.493 e. The quantitative estimate of drug-likeness (QED) is 0.407. The SMILES string of the molecule is COc1cc(-c2cc3[nH]c4ccc(C5CN(C(=O)CN(C)C)C5)cc4c3c(C)c2C)cn2ncnc12. The predicted molar refractivity (Wildman–Crippen MR) is 142 cm³/mol. The molecule has 1 aliphatic heterocycles. The molecule has 0 bridgehead atoms. The Hall–Kier alpha value is -3.91. The molecule has 0 radical (unpaired) electrons. The van der Waals surface area contributed by atoms with Gasteiger partial charge in [-0.3, -0.25) is 4.79 Å². The van der Waals surface area contributed by atoms with Crippen molar-refractivity contribution < 1.29 is 9.53 Å². The summed E-state index contributed by atoms with van der Waals surface area (Å²) < 4.78 is 7.35. The molecule has 5 aromatic rings. The first kappa shape index (κ1) is 22.5. The number of hydrogen-bond acceptors (Lipinski definition) is 5. The highest BCUT2D eigenvalue weighted by molar-refractivity contribution is 6.11. The third-order valence-corrected chi connectivity index (χ3v) is 7.51. The predicted octanol–water partition coefficient (Wildman–Crippen LogP) is 4.14. The molecule has 0 unspecified atom stereocenters. The first-order chi connectivity index (χ1) is 17.3. The Morgan fingerprint density at radius 3 is 2.69 bits per heavy atom. The first-order valence-electron chi connectivity index (χ1n) is 12.2. The van der Waals surface area contributed by atoms with Crippen molar-refractivity contribution in [1.82, 2.24) is 29.4 Å². The van der Waals surface area contributed by atoms with Crippen LogP contribution < -0.4 is 4.74 Å². The van der Waals surface area contributed by atoms with Crippen molar-refractivity contribution >= 4 is 33.4 Å². The summed E-state index contributed by atoms with van der Waals surface area (Å²) in [6, 6.07) is 10.9. The number of rotatable bonds is 5.